The minimum Gasteiger partial charge on any atom is -0.496 e. The molecule has 1 fully saturated rings. The molecule has 0 amide bonds. The largest absolute Gasteiger partial charge is 0.496 e. The summed E-state index contributed by atoms with van der Waals surface area (Å²) in [5.41, 5.74) is 4.20. The highest BCUT2D eigenvalue weighted by atomic mass is 19.3. The quantitative estimate of drug-likeness (QED) is 0.529. The zero-order chi connectivity index (χ0) is 22.8. The molecule has 2 N–H and O–H groups in total. The van der Waals surface area contributed by atoms with Crippen LogP contribution in [0.3, 0.4) is 0 Å². The Bertz CT molecular complexity index is 1100. The Morgan fingerprint density at radius 3 is 2.69 bits per heavy atom. The monoisotopic (exact) mass is 444 g/mol. The maximum absolute atomic E-state index is 12.9. The molecule has 0 spiro atoms. The van der Waals surface area contributed by atoms with Crippen LogP contribution in [0.15, 0.2) is 42.6 Å². The second-order valence-electron chi connectivity index (χ2n) is 8.10. The van der Waals surface area contributed by atoms with E-state index in [-0.39, 0.29) is 11.6 Å². The molecule has 170 valence electrons. The molecule has 0 saturated carbocycles. The van der Waals surface area contributed by atoms with Crippen LogP contribution in [0.2, 0.25) is 0 Å². The van der Waals surface area contributed by atoms with Gasteiger partial charge in [-0.2, -0.15) is 8.78 Å². The second kappa shape index (κ2) is 9.26. The summed E-state index contributed by atoms with van der Waals surface area (Å²) in [4.78, 5) is 16.7. The first-order valence-corrected chi connectivity index (χ1v) is 10.5. The first-order chi connectivity index (χ1) is 15.4. The summed E-state index contributed by atoms with van der Waals surface area (Å²) < 4.78 is 36.3. The zero-order valence-electron chi connectivity index (χ0n) is 18.0. The molecule has 2 aromatic carbocycles. The Morgan fingerprint density at radius 2 is 2.03 bits per heavy atom. The lowest BCUT2D eigenvalue weighted by Gasteiger charge is -2.40. The molecule has 32 heavy (non-hydrogen) atoms. The van der Waals surface area contributed by atoms with Crippen LogP contribution in [-0.2, 0) is 11.3 Å². The minimum absolute atomic E-state index is 0.186. The molecule has 1 aromatic heterocycles. The van der Waals surface area contributed by atoms with E-state index in [4.69, 9.17) is 9.47 Å². The van der Waals surface area contributed by atoms with Gasteiger partial charge in [0.25, 0.3) is 0 Å². The van der Waals surface area contributed by atoms with Gasteiger partial charge in [-0.1, -0.05) is 12.1 Å². The number of aromatic carboxylic acids is 1. The number of alkyl halides is 2. The van der Waals surface area contributed by atoms with E-state index < -0.39 is 18.7 Å². The fourth-order valence-corrected chi connectivity index (χ4v) is 4.62. The SMILES string of the molecule is COc1cc(C)c2[nH]ccc2c1CN1CC[C@@H](OC(F)F)C[C@H]1c1ccc(C(=O)O)cc1. The molecule has 2 heterocycles. The summed E-state index contributed by atoms with van der Waals surface area (Å²) in [5.74, 6) is -0.226. The summed E-state index contributed by atoms with van der Waals surface area (Å²) in [6, 6.07) is 10.4. The number of hydrogen-bond acceptors (Lipinski definition) is 4. The second-order valence-corrected chi connectivity index (χ2v) is 8.10. The van der Waals surface area contributed by atoms with E-state index >= 15 is 0 Å². The number of nitrogens with zero attached hydrogens (tertiary/aromatic N) is 1. The molecular formula is C24H26F2N2O4. The average Bonchev–Trinajstić information content (AvgIpc) is 3.27. The predicted octanol–water partition coefficient (Wildman–Crippen LogP) is 5.13. The number of H-pyrrole nitrogens is 1. The van der Waals surface area contributed by atoms with Crippen molar-refractivity contribution in [1.29, 1.82) is 0 Å². The Morgan fingerprint density at radius 1 is 1.28 bits per heavy atom. The highest BCUT2D eigenvalue weighted by Crippen LogP contribution is 2.38. The van der Waals surface area contributed by atoms with E-state index in [9.17, 15) is 18.7 Å². The zero-order valence-corrected chi connectivity index (χ0v) is 18.0. The summed E-state index contributed by atoms with van der Waals surface area (Å²) in [7, 11) is 1.64. The van der Waals surface area contributed by atoms with Gasteiger partial charge in [-0.3, -0.25) is 4.90 Å². The van der Waals surface area contributed by atoms with Crippen LogP contribution in [0.4, 0.5) is 8.78 Å². The third kappa shape index (κ3) is 4.47. The van der Waals surface area contributed by atoms with E-state index in [0.29, 0.717) is 25.9 Å². The molecule has 4 rings (SSSR count). The summed E-state index contributed by atoms with van der Waals surface area (Å²) in [5, 5.41) is 10.3. The number of rotatable bonds is 7. The van der Waals surface area contributed by atoms with Crippen LogP contribution >= 0.6 is 0 Å². The number of piperidine rings is 1. The van der Waals surface area contributed by atoms with Crippen molar-refractivity contribution in [3.8, 4) is 5.75 Å². The van der Waals surface area contributed by atoms with Crippen molar-refractivity contribution < 1.29 is 28.2 Å². The number of aromatic amines is 1. The normalized spacial score (nSPS) is 19.5. The molecule has 6 nitrogen and oxygen atoms in total. The van der Waals surface area contributed by atoms with Crippen LogP contribution in [0.25, 0.3) is 10.9 Å². The Hall–Kier alpha value is -2.97. The predicted molar refractivity (Wildman–Crippen MR) is 116 cm³/mol. The van der Waals surface area contributed by atoms with Gasteiger partial charge in [0, 0.05) is 41.8 Å². The average molecular weight is 444 g/mol. The molecule has 8 heteroatoms. The fraction of sp³-hybridized carbons (Fsp3) is 0.375. The summed E-state index contributed by atoms with van der Waals surface area (Å²) in [6.45, 7) is 0.319. The van der Waals surface area contributed by atoms with Crippen LogP contribution in [0.5, 0.6) is 5.75 Å². The number of ether oxygens (including phenoxy) is 2. The lowest BCUT2D eigenvalue weighted by atomic mass is 9.91. The first kappa shape index (κ1) is 22.2. The smallest absolute Gasteiger partial charge is 0.345 e. The molecule has 0 unspecified atom stereocenters. The number of hydrogen-bond donors (Lipinski definition) is 2. The Kier molecular flexibility index (Phi) is 6.43. The summed E-state index contributed by atoms with van der Waals surface area (Å²) >= 11 is 0. The number of methoxy groups -OCH3 is 1. The molecule has 1 aliphatic heterocycles. The van der Waals surface area contributed by atoms with Crippen molar-refractivity contribution >= 4 is 16.9 Å². The third-order valence-electron chi connectivity index (χ3n) is 6.20. The standard InChI is InChI=1S/C24H26F2N2O4/c1-14-11-21(31-2)19(18-7-9-27-22(14)18)13-28-10-8-17(32-24(25)26)12-20(28)15-3-5-16(6-4-15)23(29)30/h3-7,9,11,17,20,24,27H,8,10,12-13H2,1-2H3,(H,29,30)/t17-,20+/m1/s1. The minimum atomic E-state index is -2.82. The van der Waals surface area contributed by atoms with Crippen molar-refractivity contribution in [2.75, 3.05) is 13.7 Å². The van der Waals surface area contributed by atoms with Crippen LogP contribution < -0.4 is 4.74 Å². The van der Waals surface area contributed by atoms with Crippen molar-refractivity contribution in [3.63, 3.8) is 0 Å². The highest BCUT2D eigenvalue weighted by Gasteiger charge is 2.32. The van der Waals surface area contributed by atoms with Gasteiger partial charge in [0.2, 0.25) is 0 Å². The van der Waals surface area contributed by atoms with Gasteiger partial charge in [0.1, 0.15) is 5.75 Å². The van der Waals surface area contributed by atoms with Gasteiger partial charge in [-0.05, 0) is 55.2 Å². The van der Waals surface area contributed by atoms with Gasteiger partial charge in [-0.25, -0.2) is 4.79 Å². The number of nitrogens with one attached hydrogen (secondary N) is 1. The number of fused-ring (bicyclic) bond motifs is 1. The first-order valence-electron chi connectivity index (χ1n) is 10.5. The van der Waals surface area contributed by atoms with E-state index in [0.717, 1.165) is 33.3 Å². The van der Waals surface area contributed by atoms with Gasteiger partial charge >= 0.3 is 12.6 Å². The van der Waals surface area contributed by atoms with E-state index in [2.05, 4.69) is 9.88 Å². The Balaban J connectivity index is 1.68. The molecule has 1 saturated heterocycles. The lowest BCUT2D eigenvalue weighted by Crippen LogP contribution is -2.40. The van der Waals surface area contributed by atoms with Gasteiger partial charge in [0.05, 0.1) is 18.8 Å². The third-order valence-corrected chi connectivity index (χ3v) is 6.20. The molecule has 1 aliphatic rings. The van der Waals surface area contributed by atoms with Crippen LogP contribution in [0.1, 0.15) is 45.9 Å². The highest BCUT2D eigenvalue weighted by molar-refractivity contribution is 5.88. The van der Waals surface area contributed by atoms with Gasteiger partial charge < -0.3 is 19.6 Å². The van der Waals surface area contributed by atoms with Crippen molar-refractivity contribution in [2.45, 2.75) is 45.1 Å². The fourth-order valence-electron chi connectivity index (χ4n) is 4.62. The Labute approximate surface area is 184 Å². The molecule has 0 radical (unpaired) electrons. The number of aryl methyl sites for hydroxylation is 1. The number of carboxylic acid groups (broad SMARTS) is 1. The summed E-state index contributed by atoms with van der Waals surface area (Å²) in [6.07, 6.45) is 2.20. The number of likely N-dealkylation sites (tertiary alicyclic amines) is 1. The van der Waals surface area contributed by atoms with E-state index in [1.807, 2.05) is 25.3 Å². The van der Waals surface area contributed by atoms with Crippen molar-refractivity contribution in [2.24, 2.45) is 0 Å². The number of benzene rings is 2. The number of halogens is 2. The molecule has 0 aliphatic carbocycles. The lowest BCUT2D eigenvalue weighted by molar-refractivity contribution is -0.178. The van der Waals surface area contributed by atoms with E-state index in [1.165, 1.54) is 0 Å². The van der Waals surface area contributed by atoms with Crippen LogP contribution in [-0.4, -0.2) is 47.3 Å². The topological polar surface area (TPSA) is 74.8 Å². The maximum Gasteiger partial charge on any atom is 0.345 e. The van der Waals surface area contributed by atoms with Gasteiger partial charge in [-0.15, -0.1) is 0 Å². The molecular weight excluding hydrogens is 418 g/mol. The number of carboxylic acids is 1. The van der Waals surface area contributed by atoms with Crippen molar-refractivity contribution in [3.05, 3.63) is 64.8 Å². The maximum atomic E-state index is 12.9. The van der Waals surface area contributed by atoms with Crippen molar-refractivity contribution in [1.82, 2.24) is 9.88 Å². The van der Waals surface area contributed by atoms with E-state index in [1.54, 1.807) is 31.4 Å². The molecule has 2 atom stereocenters. The van der Waals surface area contributed by atoms with Crippen LogP contribution in [0, 0.1) is 6.92 Å². The van der Waals surface area contributed by atoms with Gasteiger partial charge in [0.15, 0.2) is 0 Å². The molecule has 3 aromatic rings. The molecule has 0 bridgehead atoms. The number of carbonyl (C=O) groups is 1. The number of aromatic nitrogens is 1.